The molecule has 2 aromatic rings. The Hall–Kier alpha value is -2.44. The van der Waals surface area contributed by atoms with Gasteiger partial charge in [-0.05, 0) is 50.7 Å². The number of anilines is 1. The average Bonchev–Trinajstić information content (AvgIpc) is 2.61. The van der Waals surface area contributed by atoms with Crippen LogP contribution in [-0.4, -0.2) is 54.8 Å². The Balaban J connectivity index is 1.96. The minimum absolute atomic E-state index is 0.00452. The molecular weight excluding hydrogens is 423 g/mol. The molecule has 1 aliphatic heterocycles. The molecule has 3 rings (SSSR count). The average molecular weight is 445 g/mol. The summed E-state index contributed by atoms with van der Waals surface area (Å²) in [6, 6.07) is 3.84. The maximum atomic E-state index is 12.8. The van der Waals surface area contributed by atoms with Crippen LogP contribution in [0, 0.1) is 0 Å². The van der Waals surface area contributed by atoms with Gasteiger partial charge in [-0.3, -0.25) is 0 Å². The summed E-state index contributed by atoms with van der Waals surface area (Å²) in [5, 5.41) is 26.4. The number of primary sulfonamides is 1. The van der Waals surface area contributed by atoms with Gasteiger partial charge < -0.3 is 15.3 Å². The molecule has 1 aliphatic rings. The van der Waals surface area contributed by atoms with Crippen LogP contribution >= 0.6 is 0 Å². The molecule has 164 valence electrons. The van der Waals surface area contributed by atoms with Gasteiger partial charge in [0, 0.05) is 23.7 Å². The highest BCUT2D eigenvalue weighted by atomic mass is 32.2. The number of nitrogens with two attached hydrogens (primary N) is 1. The van der Waals surface area contributed by atoms with Crippen molar-refractivity contribution in [1.29, 1.82) is 0 Å². The number of alkyl halides is 3. The summed E-state index contributed by atoms with van der Waals surface area (Å²) >= 11 is 0. The minimum Gasteiger partial charge on any atom is -0.507 e. The van der Waals surface area contributed by atoms with Gasteiger partial charge in [0.2, 0.25) is 10.0 Å². The van der Waals surface area contributed by atoms with E-state index in [2.05, 4.69) is 20.4 Å². The summed E-state index contributed by atoms with van der Waals surface area (Å²) in [6.07, 6.45) is -2.78. The largest absolute Gasteiger partial charge is 0.507 e. The summed E-state index contributed by atoms with van der Waals surface area (Å²) in [4.78, 5) is 2.13. The number of benzene rings is 1. The molecule has 0 amide bonds. The van der Waals surface area contributed by atoms with Crippen molar-refractivity contribution >= 4 is 15.8 Å². The maximum absolute atomic E-state index is 12.8. The molecule has 12 heteroatoms. The van der Waals surface area contributed by atoms with E-state index < -0.39 is 33.3 Å². The molecule has 0 spiro atoms. The molecular formula is C18H22F3N5O3S. The van der Waals surface area contributed by atoms with E-state index in [9.17, 15) is 26.7 Å². The number of phenols is 1. The number of aromatic hydroxyl groups is 1. The fourth-order valence-corrected chi connectivity index (χ4v) is 4.07. The van der Waals surface area contributed by atoms with Gasteiger partial charge in [0.1, 0.15) is 5.75 Å². The molecule has 8 nitrogen and oxygen atoms in total. The van der Waals surface area contributed by atoms with Crippen molar-refractivity contribution in [2.24, 2.45) is 5.14 Å². The molecule has 1 fully saturated rings. The van der Waals surface area contributed by atoms with Crippen molar-refractivity contribution in [2.75, 3.05) is 25.5 Å². The molecule has 0 aliphatic carbocycles. The van der Waals surface area contributed by atoms with E-state index in [1.54, 1.807) is 0 Å². The third-order valence-electron chi connectivity index (χ3n) is 4.80. The summed E-state index contributed by atoms with van der Waals surface area (Å²) in [6.45, 7) is 1.69. The number of phenolic OH excluding ortho intramolecular Hbond substituents is 1. The second kappa shape index (κ2) is 8.36. The number of hydrogen-bond donors (Lipinski definition) is 3. The highest BCUT2D eigenvalue weighted by Gasteiger charge is 2.31. The topological polar surface area (TPSA) is 121 Å². The van der Waals surface area contributed by atoms with Crippen molar-refractivity contribution < 1.29 is 26.7 Å². The second-order valence-corrected chi connectivity index (χ2v) is 9.00. The molecule has 0 bridgehead atoms. The van der Waals surface area contributed by atoms with Gasteiger partial charge in [0.15, 0.2) is 5.82 Å². The number of likely N-dealkylation sites (tertiary alicyclic amines) is 1. The van der Waals surface area contributed by atoms with Crippen LogP contribution in [0.5, 0.6) is 5.75 Å². The van der Waals surface area contributed by atoms with Gasteiger partial charge >= 0.3 is 6.18 Å². The zero-order chi connectivity index (χ0) is 22.1. The van der Waals surface area contributed by atoms with E-state index in [1.165, 1.54) is 6.07 Å². The van der Waals surface area contributed by atoms with E-state index in [0.29, 0.717) is 6.07 Å². The zero-order valence-electron chi connectivity index (χ0n) is 16.1. The summed E-state index contributed by atoms with van der Waals surface area (Å²) < 4.78 is 61.8. The molecule has 4 N–H and O–H groups in total. The lowest BCUT2D eigenvalue weighted by molar-refractivity contribution is -0.137. The SMILES string of the molecule is CN1CCCC(Nc2nnc(-c3ccc(C(F)(F)F)cc3O)cc2CS(N)(=O)=O)C1. The van der Waals surface area contributed by atoms with Gasteiger partial charge in [0.05, 0.1) is 17.0 Å². The predicted octanol–water partition coefficient (Wildman–Crippen LogP) is 2.16. The fourth-order valence-electron chi connectivity index (χ4n) is 3.41. The zero-order valence-corrected chi connectivity index (χ0v) is 17.0. The molecule has 0 saturated carbocycles. The van der Waals surface area contributed by atoms with Crippen LogP contribution in [0.3, 0.4) is 0 Å². The third kappa shape index (κ3) is 5.58. The van der Waals surface area contributed by atoms with Gasteiger partial charge in [-0.25, -0.2) is 13.6 Å². The Morgan fingerprint density at radius 3 is 2.63 bits per heavy atom. The smallest absolute Gasteiger partial charge is 0.416 e. The van der Waals surface area contributed by atoms with Gasteiger partial charge in [0.25, 0.3) is 0 Å². The van der Waals surface area contributed by atoms with Gasteiger partial charge in [-0.2, -0.15) is 13.2 Å². The normalized spacial score (nSPS) is 18.4. The van der Waals surface area contributed by atoms with Crippen molar-refractivity contribution in [3.05, 3.63) is 35.4 Å². The number of rotatable bonds is 5. The lowest BCUT2D eigenvalue weighted by Crippen LogP contribution is -2.40. The number of hydrogen-bond acceptors (Lipinski definition) is 7. The quantitative estimate of drug-likeness (QED) is 0.645. The molecule has 1 aromatic heterocycles. The van der Waals surface area contributed by atoms with Crippen molar-refractivity contribution in [2.45, 2.75) is 30.8 Å². The molecule has 1 saturated heterocycles. The van der Waals surface area contributed by atoms with E-state index in [0.717, 1.165) is 38.1 Å². The Bertz CT molecular complexity index is 1030. The third-order valence-corrected chi connectivity index (χ3v) is 5.51. The van der Waals surface area contributed by atoms with Crippen molar-refractivity contribution in [3.63, 3.8) is 0 Å². The van der Waals surface area contributed by atoms with E-state index in [-0.39, 0.29) is 28.7 Å². The Morgan fingerprint density at radius 1 is 1.30 bits per heavy atom. The first-order chi connectivity index (χ1) is 13.9. The fraction of sp³-hybridized carbons (Fsp3) is 0.444. The Morgan fingerprint density at radius 2 is 2.03 bits per heavy atom. The number of sulfonamides is 1. The van der Waals surface area contributed by atoms with Crippen LogP contribution in [0.15, 0.2) is 24.3 Å². The first-order valence-electron chi connectivity index (χ1n) is 9.15. The van der Waals surface area contributed by atoms with E-state index in [4.69, 9.17) is 5.14 Å². The number of piperidine rings is 1. The maximum Gasteiger partial charge on any atom is 0.416 e. The number of nitrogens with one attached hydrogen (secondary N) is 1. The van der Waals surface area contributed by atoms with Crippen molar-refractivity contribution in [1.82, 2.24) is 15.1 Å². The molecule has 1 aromatic carbocycles. The monoisotopic (exact) mass is 445 g/mol. The van der Waals surface area contributed by atoms with Crippen LogP contribution in [0.4, 0.5) is 19.0 Å². The lowest BCUT2D eigenvalue weighted by Gasteiger charge is -2.30. The Labute approximate surface area is 172 Å². The van der Waals surface area contributed by atoms with Gasteiger partial charge in [-0.15, -0.1) is 10.2 Å². The molecule has 0 radical (unpaired) electrons. The highest BCUT2D eigenvalue weighted by molar-refractivity contribution is 7.88. The van der Waals surface area contributed by atoms with Crippen molar-refractivity contribution in [3.8, 4) is 17.0 Å². The number of halogens is 3. The molecule has 1 unspecified atom stereocenters. The highest BCUT2D eigenvalue weighted by Crippen LogP contribution is 2.36. The van der Waals surface area contributed by atoms with Crippen LogP contribution < -0.4 is 10.5 Å². The van der Waals surface area contributed by atoms with E-state index >= 15 is 0 Å². The number of likely N-dealkylation sites (N-methyl/N-ethyl adjacent to an activating group) is 1. The minimum atomic E-state index is -4.61. The standard InChI is InChI=1S/C18H22F3N5O3S/c1-26-6-2-3-13(9-26)23-17-11(10-30(22,28)29)7-15(24-25-17)14-5-4-12(8-16(14)27)18(19,20)21/h4-5,7-8,13,27H,2-3,6,9-10H2,1H3,(H,23,25)(H2,22,28,29). The van der Waals surface area contributed by atoms with Crippen LogP contribution in [0.25, 0.3) is 11.3 Å². The van der Waals surface area contributed by atoms with E-state index in [1.807, 2.05) is 7.05 Å². The van der Waals surface area contributed by atoms with Crippen LogP contribution in [0.2, 0.25) is 0 Å². The molecule has 2 heterocycles. The predicted molar refractivity (Wildman–Crippen MR) is 105 cm³/mol. The lowest BCUT2D eigenvalue weighted by atomic mass is 10.0. The molecule has 1 atom stereocenters. The summed E-state index contributed by atoms with van der Waals surface area (Å²) in [5.74, 6) is -0.947. The summed E-state index contributed by atoms with van der Waals surface area (Å²) in [5.41, 5.74) is -0.766. The first kappa shape index (κ1) is 22.2. The summed E-state index contributed by atoms with van der Waals surface area (Å²) in [7, 11) is -1.94. The van der Waals surface area contributed by atoms with Crippen LogP contribution in [0.1, 0.15) is 24.0 Å². The molecule has 30 heavy (non-hydrogen) atoms. The number of nitrogens with zero attached hydrogens (tertiary/aromatic N) is 3. The Kier molecular flexibility index (Phi) is 6.20. The second-order valence-electron chi connectivity index (χ2n) is 7.39. The van der Waals surface area contributed by atoms with Crippen LogP contribution in [-0.2, 0) is 22.0 Å². The number of aromatic nitrogens is 2. The van der Waals surface area contributed by atoms with Gasteiger partial charge in [-0.1, -0.05) is 0 Å². The first-order valence-corrected chi connectivity index (χ1v) is 10.9.